The fourth-order valence-corrected chi connectivity index (χ4v) is 2.11. The molecular formula is C16H30N2O3. The van der Waals surface area contributed by atoms with Crippen LogP contribution in [0.25, 0.3) is 0 Å². The van der Waals surface area contributed by atoms with Crippen LogP contribution in [0.4, 0.5) is 4.79 Å². The van der Waals surface area contributed by atoms with E-state index in [1.54, 1.807) is 0 Å². The molecule has 122 valence electrons. The molecule has 0 aromatic heterocycles. The third-order valence-corrected chi connectivity index (χ3v) is 3.65. The van der Waals surface area contributed by atoms with Crippen LogP contribution in [-0.4, -0.2) is 29.7 Å². The maximum atomic E-state index is 12.1. The van der Waals surface area contributed by atoms with E-state index in [0.29, 0.717) is 0 Å². The lowest BCUT2D eigenvalue weighted by atomic mass is 10.0. The van der Waals surface area contributed by atoms with Crippen LogP contribution in [0.1, 0.15) is 66.7 Å². The highest BCUT2D eigenvalue weighted by Crippen LogP contribution is 2.20. The molecule has 1 saturated carbocycles. The first-order chi connectivity index (χ1) is 9.75. The van der Waals surface area contributed by atoms with Gasteiger partial charge in [0.2, 0.25) is 5.91 Å². The number of nitrogens with one attached hydrogen (secondary N) is 2. The summed E-state index contributed by atoms with van der Waals surface area (Å²) in [5.74, 6) is -0.0918. The van der Waals surface area contributed by atoms with E-state index in [0.717, 1.165) is 32.1 Å². The molecule has 0 heterocycles. The van der Waals surface area contributed by atoms with E-state index in [9.17, 15) is 9.59 Å². The maximum Gasteiger partial charge on any atom is 0.408 e. The normalized spacial score (nSPS) is 16.5. The first-order valence-electron chi connectivity index (χ1n) is 8.05. The summed E-state index contributed by atoms with van der Waals surface area (Å²) in [6.07, 6.45) is 4.44. The molecule has 1 aliphatic rings. The monoisotopic (exact) mass is 298 g/mol. The second kappa shape index (κ2) is 7.66. The van der Waals surface area contributed by atoms with Crippen molar-refractivity contribution in [3.8, 4) is 0 Å². The minimum Gasteiger partial charge on any atom is -0.444 e. The third kappa shape index (κ3) is 6.82. The van der Waals surface area contributed by atoms with E-state index < -0.39 is 17.7 Å². The molecule has 1 atom stereocenters. The van der Waals surface area contributed by atoms with E-state index in [-0.39, 0.29) is 17.9 Å². The third-order valence-electron chi connectivity index (χ3n) is 3.65. The van der Waals surface area contributed by atoms with Crippen LogP contribution >= 0.6 is 0 Å². The topological polar surface area (TPSA) is 67.4 Å². The zero-order valence-corrected chi connectivity index (χ0v) is 14.0. The molecule has 1 aliphatic carbocycles. The minimum atomic E-state index is -0.542. The predicted octanol–water partition coefficient (Wildman–Crippen LogP) is 2.98. The van der Waals surface area contributed by atoms with E-state index in [4.69, 9.17) is 4.74 Å². The van der Waals surface area contributed by atoms with Gasteiger partial charge in [0.15, 0.2) is 0 Å². The van der Waals surface area contributed by atoms with Gasteiger partial charge in [-0.3, -0.25) is 4.79 Å². The number of hydrogen-bond donors (Lipinski definition) is 2. The molecular weight excluding hydrogens is 268 g/mol. The zero-order valence-electron chi connectivity index (χ0n) is 14.0. The quantitative estimate of drug-likeness (QED) is 0.724. The van der Waals surface area contributed by atoms with Gasteiger partial charge in [0.1, 0.15) is 11.6 Å². The maximum absolute atomic E-state index is 12.1. The molecule has 0 bridgehead atoms. The van der Waals surface area contributed by atoms with Crippen molar-refractivity contribution in [2.24, 2.45) is 5.92 Å². The van der Waals surface area contributed by atoms with E-state index in [2.05, 4.69) is 17.6 Å². The second-order valence-corrected chi connectivity index (χ2v) is 6.90. The summed E-state index contributed by atoms with van der Waals surface area (Å²) in [5, 5.41) is 5.64. The van der Waals surface area contributed by atoms with Gasteiger partial charge in [0.05, 0.1) is 0 Å². The molecule has 1 fully saturated rings. The lowest BCUT2D eigenvalue weighted by Gasteiger charge is -2.27. The molecule has 0 aromatic carbocycles. The Balaban J connectivity index is 2.49. The Morgan fingerprint density at radius 3 is 2.38 bits per heavy atom. The standard InChI is InChI=1S/C16H30N2O3/c1-6-7-10-16(4,5)21-15(20)18-13(11(2)3)14(19)17-12-8-9-12/h11-13H,6-10H2,1-5H3,(H,17,19)(H,18,20). The van der Waals surface area contributed by atoms with E-state index in [1.807, 2.05) is 27.7 Å². The first-order valence-corrected chi connectivity index (χ1v) is 8.05. The number of carbonyl (C=O) groups is 2. The lowest BCUT2D eigenvalue weighted by molar-refractivity contribution is -0.124. The summed E-state index contributed by atoms with van der Waals surface area (Å²) in [6, 6.07) is -0.252. The van der Waals surface area contributed by atoms with Crippen molar-refractivity contribution < 1.29 is 14.3 Å². The number of ether oxygens (including phenoxy) is 1. The Bertz CT molecular complexity index is 363. The van der Waals surface area contributed by atoms with Crippen molar-refractivity contribution in [1.29, 1.82) is 0 Å². The summed E-state index contributed by atoms with van der Waals surface area (Å²) >= 11 is 0. The van der Waals surface area contributed by atoms with Crippen LogP contribution in [-0.2, 0) is 9.53 Å². The smallest absolute Gasteiger partial charge is 0.408 e. The Morgan fingerprint density at radius 2 is 1.90 bits per heavy atom. The van der Waals surface area contributed by atoms with Gasteiger partial charge in [-0.25, -0.2) is 4.79 Å². The Morgan fingerprint density at radius 1 is 1.29 bits per heavy atom. The number of amides is 2. The first kappa shape index (κ1) is 17.8. The van der Waals surface area contributed by atoms with Crippen LogP contribution in [0.15, 0.2) is 0 Å². The highest BCUT2D eigenvalue weighted by atomic mass is 16.6. The summed E-state index contributed by atoms with van der Waals surface area (Å²) in [5.41, 5.74) is -0.505. The second-order valence-electron chi connectivity index (χ2n) is 6.90. The van der Waals surface area contributed by atoms with Gasteiger partial charge in [-0.15, -0.1) is 0 Å². The van der Waals surface area contributed by atoms with Crippen molar-refractivity contribution in [2.75, 3.05) is 0 Å². The Kier molecular flexibility index (Phi) is 6.49. The van der Waals surface area contributed by atoms with Gasteiger partial charge in [0, 0.05) is 6.04 Å². The fourth-order valence-electron chi connectivity index (χ4n) is 2.11. The molecule has 0 radical (unpaired) electrons. The molecule has 0 aromatic rings. The van der Waals surface area contributed by atoms with E-state index in [1.165, 1.54) is 0 Å². The molecule has 2 amide bonds. The van der Waals surface area contributed by atoms with Gasteiger partial charge in [-0.1, -0.05) is 27.2 Å². The molecule has 0 spiro atoms. The Hall–Kier alpha value is -1.26. The van der Waals surface area contributed by atoms with Gasteiger partial charge < -0.3 is 15.4 Å². The molecule has 5 heteroatoms. The summed E-state index contributed by atoms with van der Waals surface area (Å²) < 4.78 is 5.46. The number of unbranched alkanes of at least 4 members (excludes halogenated alkanes) is 1. The van der Waals surface area contributed by atoms with Crippen LogP contribution < -0.4 is 10.6 Å². The lowest BCUT2D eigenvalue weighted by Crippen LogP contribution is -2.51. The van der Waals surface area contributed by atoms with Crippen LogP contribution in [0.3, 0.4) is 0 Å². The Labute approximate surface area is 128 Å². The molecule has 1 unspecified atom stereocenters. The van der Waals surface area contributed by atoms with Gasteiger partial charge in [0.25, 0.3) is 0 Å². The van der Waals surface area contributed by atoms with Crippen LogP contribution in [0, 0.1) is 5.92 Å². The molecule has 2 N–H and O–H groups in total. The number of alkyl carbamates (subject to hydrolysis) is 1. The molecule has 21 heavy (non-hydrogen) atoms. The summed E-state index contributed by atoms with van der Waals surface area (Å²) in [4.78, 5) is 24.2. The van der Waals surface area contributed by atoms with Gasteiger partial charge in [-0.2, -0.15) is 0 Å². The number of carbonyl (C=O) groups excluding carboxylic acids is 2. The van der Waals surface area contributed by atoms with Crippen molar-refractivity contribution in [3.63, 3.8) is 0 Å². The number of rotatable bonds is 8. The molecule has 5 nitrogen and oxygen atoms in total. The fraction of sp³-hybridized carbons (Fsp3) is 0.875. The largest absolute Gasteiger partial charge is 0.444 e. The van der Waals surface area contributed by atoms with Crippen LogP contribution in [0.2, 0.25) is 0 Å². The molecule has 0 aliphatic heterocycles. The van der Waals surface area contributed by atoms with E-state index >= 15 is 0 Å². The molecule has 0 saturated heterocycles. The van der Waals surface area contributed by atoms with Crippen molar-refractivity contribution >= 4 is 12.0 Å². The average molecular weight is 298 g/mol. The molecule has 1 rings (SSSR count). The highest BCUT2D eigenvalue weighted by molar-refractivity contribution is 5.86. The highest BCUT2D eigenvalue weighted by Gasteiger charge is 2.31. The predicted molar refractivity (Wildman–Crippen MR) is 83.0 cm³/mol. The average Bonchev–Trinajstić information content (AvgIpc) is 3.16. The summed E-state index contributed by atoms with van der Waals surface area (Å²) in [6.45, 7) is 9.74. The number of hydrogen-bond acceptors (Lipinski definition) is 3. The zero-order chi connectivity index (χ0) is 16.0. The van der Waals surface area contributed by atoms with Crippen molar-refractivity contribution in [1.82, 2.24) is 10.6 Å². The SMILES string of the molecule is CCCCC(C)(C)OC(=O)NC(C(=O)NC1CC1)C(C)C. The van der Waals surface area contributed by atoms with Crippen LogP contribution in [0.5, 0.6) is 0 Å². The van der Waals surface area contributed by atoms with Gasteiger partial charge in [-0.05, 0) is 45.4 Å². The van der Waals surface area contributed by atoms with Crippen molar-refractivity contribution in [3.05, 3.63) is 0 Å². The minimum absolute atomic E-state index is 0.0232. The van der Waals surface area contributed by atoms with Gasteiger partial charge >= 0.3 is 6.09 Å². The van der Waals surface area contributed by atoms with Crippen molar-refractivity contribution in [2.45, 2.75) is 84.4 Å². The summed E-state index contributed by atoms with van der Waals surface area (Å²) in [7, 11) is 0.